The first-order chi connectivity index (χ1) is 8.81. The summed E-state index contributed by atoms with van der Waals surface area (Å²) >= 11 is 0. The molecule has 0 aromatic heterocycles. The molecule has 20 heavy (non-hydrogen) atoms. The van der Waals surface area contributed by atoms with Crippen LogP contribution in [0.15, 0.2) is 24.3 Å². The average molecular weight is 280 g/mol. The van der Waals surface area contributed by atoms with Crippen LogP contribution in [0, 0.1) is 0 Å². The van der Waals surface area contributed by atoms with Gasteiger partial charge in [-0.15, -0.1) is 0 Å². The smallest absolute Gasteiger partial charge is 0.0718 e. The molecule has 0 spiro atoms. The van der Waals surface area contributed by atoms with E-state index in [1.165, 1.54) is 11.3 Å². The van der Waals surface area contributed by atoms with Crippen LogP contribution in [-0.2, 0) is 6.42 Å². The minimum atomic E-state index is -0.620. The van der Waals surface area contributed by atoms with Crippen LogP contribution >= 0.6 is 0 Å². The van der Waals surface area contributed by atoms with Gasteiger partial charge in [0.2, 0.25) is 0 Å². The van der Waals surface area contributed by atoms with Crippen LogP contribution in [0.1, 0.15) is 33.8 Å². The molecule has 1 N–H and O–H groups in total. The first-order valence-corrected chi connectivity index (χ1v) is 7.03. The Bertz CT molecular complexity index is 366. The van der Waals surface area contributed by atoms with Crippen LogP contribution in [0.25, 0.3) is 0 Å². The molecule has 0 aliphatic heterocycles. The average Bonchev–Trinajstić information content (AvgIpc) is 2.33. The molecule has 0 saturated carbocycles. The van der Waals surface area contributed by atoms with Crippen molar-refractivity contribution in [3.63, 3.8) is 0 Å². The SMILES string of the molecule is C.CCN(CCc1ccc(N(C)C)cc1)CC(C)(C)O. The van der Waals surface area contributed by atoms with Gasteiger partial charge in [-0.2, -0.15) is 0 Å². The molecule has 3 nitrogen and oxygen atoms in total. The lowest BCUT2D eigenvalue weighted by Gasteiger charge is -2.28. The third-order valence-corrected chi connectivity index (χ3v) is 3.23. The highest BCUT2D eigenvalue weighted by Crippen LogP contribution is 2.13. The van der Waals surface area contributed by atoms with Gasteiger partial charge in [0.15, 0.2) is 0 Å². The van der Waals surface area contributed by atoms with E-state index in [1.54, 1.807) is 0 Å². The summed E-state index contributed by atoms with van der Waals surface area (Å²) in [4.78, 5) is 4.40. The minimum absolute atomic E-state index is 0. The molecule has 1 aromatic carbocycles. The lowest BCUT2D eigenvalue weighted by Crippen LogP contribution is -2.39. The van der Waals surface area contributed by atoms with Gasteiger partial charge in [-0.3, -0.25) is 0 Å². The Morgan fingerprint density at radius 1 is 1.10 bits per heavy atom. The van der Waals surface area contributed by atoms with Gasteiger partial charge in [0.25, 0.3) is 0 Å². The van der Waals surface area contributed by atoms with Gasteiger partial charge < -0.3 is 14.9 Å². The van der Waals surface area contributed by atoms with E-state index in [0.29, 0.717) is 0 Å². The zero-order valence-corrected chi connectivity index (χ0v) is 13.0. The van der Waals surface area contributed by atoms with Gasteiger partial charge >= 0.3 is 0 Å². The van der Waals surface area contributed by atoms with E-state index in [0.717, 1.165) is 26.1 Å². The molecular formula is C17H32N2O. The molecular weight excluding hydrogens is 248 g/mol. The van der Waals surface area contributed by atoms with Crippen molar-refractivity contribution in [3.05, 3.63) is 29.8 Å². The fraction of sp³-hybridized carbons (Fsp3) is 0.647. The Balaban J connectivity index is 0.00000361. The zero-order chi connectivity index (χ0) is 14.5. The highest BCUT2D eigenvalue weighted by atomic mass is 16.3. The second-order valence-electron chi connectivity index (χ2n) is 5.99. The number of benzene rings is 1. The first kappa shape index (κ1) is 18.9. The van der Waals surface area contributed by atoms with Crippen molar-refractivity contribution in [2.45, 2.75) is 40.2 Å². The van der Waals surface area contributed by atoms with E-state index in [1.807, 2.05) is 13.8 Å². The second kappa shape index (κ2) is 8.28. The summed E-state index contributed by atoms with van der Waals surface area (Å²) in [5.74, 6) is 0. The Morgan fingerprint density at radius 2 is 1.65 bits per heavy atom. The standard InChI is InChI=1S/C16H28N2O.CH4/c1-6-18(13-16(2,3)19)12-11-14-7-9-15(10-8-14)17(4)5;/h7-10,19H,6,11-13H2,1-5H3;1H4. The zero-order valence-electron chi connectivity index (χ0n) is 13.0. The number of rotatable bonds is 7. The number of aliphatic hydroxyl groups is 1. The summed E-state index contributed by atoms with van der Waals surface area (Å²) in [5.41, 5.74) is 1.96. The summed E-state index contributed by atoms with van der Waals surface area (Å²) in [6.07, 6.45) is 1.03. The third-order valence-electron chi connectivity index (χ3n) is 3.23. The molecule has 116 valence electrons. The molecule has 0 heterocycles. The van der Waals surface area contributed by atoms with Crippen molar-refractivity contribution in [3.8, 4) is 0 Å². The fourth-order valence-electron chi connectivity index (χ4n) is 2.14. The Labute approximate surface area is 125 Å². The molecule has 0 fully saturated rings. The van der Waals surface area contributed by atoms with Crippen LogP contribution in [0.4, 0.5) is 5.69 Å². The van der Waals surface area contributed by atoms with Crippen LogP contribution in [-0.4, -0.2) is 49.3 Å². The molecule has 1 aromatic rings. The van der Waals surface area contributed by atoms with Crippen LogP contribution in [0.5, 0.6) is 0 Å². The van der Waals surface area contributed by atoms with E-state index < -0.39 is 5.60 Å². The van der Waals surface area contributed by atoms with Crippen LogP contribution in [0.2, 0.25) is 0 Å². The van der Waals surface area contributed by atoms with Gasteiger partial charge in [-0.1, -0.05) is 26.5 Å². The molecule has 0 atom stereocenters. The summed E-state index contributed by atoms with van der Waals surface area (Å²) in [6.45, 7) is 8.55. The maximum Gasteiger partial charge on any atom is 0.0718 e. The van der Waals surface area contributed by atoms with Crippen LogP contribution in [0.3, 0.4) is 0 Å². The summed E-state index contributed by atoms with van der Waals surface area (Å²) in [6, 6.07) is 8.68. The van der Waals surface area contributed by atoms with Crippen molar-refractivity contribution in [2.24, 2.45) is 0 Å². The van der Waals surface area contributed by atoms with Gasteiger partial charge in [-0.05, 0) is 44.5 Å². The molecule has 0 aliphatic rings. The van der Waals surface area contributed by atoms with E-state index in [-0.39, 0.29) is 7.43 Å². The van der Waals surface area contributed by atoms with E-state index >= 15 is 0 Å². The van der Waals surface area contributed by atoms with Crippen molar-refractivity contribution in [1.29, 1.82) is 0 Å². The van der Waals surface area contributed by atoms with Crippen molar-refractivity contribution in [1.82, 2.24) is 4.90 Å². The van der Waals surface area contributed by atoms with Crippen LogP contribution < -0.4 is 4.90 Å². The molecule has 0 bridgehead atoms. The molecule has 0 unspecified atom stereocenters. The lowest BCUT2D eigenvalue weighted by atomic mass is 10.1. The highest BCUT2D eigenvalue weighted by Gasteiger charge is 2.16. The van der Waals surface area contributed by atoms with Gasteiger partial charge in [-0.25, -0.2) is 0 Å². The molecule has 0 radical (unpaired) electrons. The largest absolute Gasteiger partial charge is 0.389 e. The van der Waals surface area contributed by atoms with Gasteiger partial charge in [0, 0.05) is 32.9 Å². The summed E-state index contributed by atoms with van der Waals surface area (Å²) in [7, 11) is 4.11. The number of hydrogen-bond donors (Lipinski definition) is 1. The second-order valence-corrected chi connectivity index (χ2v) is 5.99. The normalized spacial score (nSPS) is 11.3. The monoisotopic (exact) mass is 280 g/mol. The minimum Gasteiger partial charge on any atom is -0.389 e. The number of hydrogen-bond acceptors (Lipinski definition) is 3. The maximum atomic E-state index is 9.87. The predicted octanol–water partition coefficient (Wildman–Crippen LogP) is 3.02. The van der Waals surface area contributed by atoms with E-state index in [2.05, 4.69) is 55.1 Å². The Morgan fingerprint density at radius 3 is 2.05 bits per heavy atom. The molecule has 0 aliphatic carbocycles. The molecule has 3 heteroatoms. The van der Waals surface area contributed by atoms with E-state index in [4.69, 9.17) is 0 Å². The molecule has 0 amide bonds. The Kier molecular flexibility index (Phi) is 7.84. The van der Waals surface area contributed by atoms with Gasteiger partial charge in [0.05, 0.1) is 5.60 Å². The number of nitrogens with zero attached hydrogens (tertiary/aromatic N) is 2. The molecule has 1 rings (SSSR count). The first-order valence-electron chi connectivity index (χ1n) is 7.03. The number of likely N-dealkylation sites (N-methyl/N-ethyl adjacent to an activating group) is 1. The van der Waals surface area contributed by atoms with E-state index in [9.17, 15) is 5.11 Å². The highest BCUT2D eigenvalue weighted by molar-refractivity contribution is 5.46. The lowest BCUT2D eigenvalue weighted by molar-refractivity contribution is 0.0382. The van der Waals surface area contributed by atoms with Crippen molar-refractivity contribution in [2.75, 3.05) is 38.6 Å². The maximum absolute atomic E-state index is 9.87. The fourth-order valence-corrected chi connectivity index (χ4v) is 2.14. The molecule has 0 saturated heterocycles. The van der Waals surface area contributed by atoms with Gasteiger partial charge in [0.1, 0.15) is 0 Å². The topological polar surface area (TPSA) is 26.7 Å². The number of anilines is 1. The van der Waals surface area contributed by atoms with Crippen molar-refractivity contribution < 1.29 is 5.11 Å². The Hall–Kier alpha value is -1.06. The van der Waals surface area contributed by atoms with Crippen molar-refractivity contribution >= 4 is 5.69 Å². The third kappa shape index (κ3) is 6.92. The summed E-state index contributed by atoms with van der Waals surface area (Å²) in [5, 5.41) is 9.87. The quantitative estimate of drug-likeness (QED) is 0.831. The predicted molar refractivity (Wildman–Crippen MR) is 89.6 cm³/mol. The summed E-state index contributed by atoms with van der Waals surface area (Å²) < 4.78 is 0.